The molecule has 4 N–H and O–H groups in total. The molecule has 0 unspecified atom stereocenters. The molecule has 0 spiro atoms. The van der Waals surface area contributed by atoms with Crippen molar-refractivity contribution in [1.29, 1.82) is 0 Å². The smallest absolute Gasteiger partial charge is 0.306 e. The number of aliphatic hydroxyl groups excluding tert-OH is 4. The second-order valence-corrected chi connectivity index (χ2v) is 14.1. The highest BCUT2D eigenvalue weighted by atomic mass is 16.7. The zero-order chi connectivity index (χ0) is 36.0. The van der Waals surface area contributed by atoms with Crippen molar-refractivity contribution in [3.8, 4) is 0 Å². The molecule has 1 rings (SSSR count). The van der Waals surface area contributed by atoms with E-state index in [1.165, 1.54) is 109 Å². The fraction of sp³-hybridized carbons (Fsp3) is 0.949. The van der Waals surface area contributed by atoms with Gasteiger partial charge in [0.1, 0.15) is 31.0 Å². The van der Waals surface area contributed by atoms with E-state index in [2.05, 4.69) is 13.8 Å². The van der Waals surface area contributed by atoms with Crippen LogP contribution in [0, 0.1) is 0 Å². The number of rotatable bonds is 33. The topological polar surface area (TPSA) is 152 Å². The van der Waals surface area contributed by atoms with Crippen molar-refractivity contribution < 1.29 is 49.0 Å². The summed E-state index contributed by atoms with van der Waals surface area (Å²) in [5, 5.41) is 39.9. The van der Waals surface area contributed by atoms with Gasteiger partial charge in [-0.15, -0.1) is 0 Å². The van der Waals surface area contributed by atoms with Crippen LogP contribution in [0.25, 0.3) is 0 Å². The Morgan fingerprint density at radius 1 is 0.551 bits per heavy atom. The zero-order valence-corrected chi connectivity index (χ0v) is 31.2. The van der Waals surface area contributed by atoms with Gasteiger partial charge in [-0.05, 0) is 12.8 Å². The number of esters is 2. The van der Waals surface area contributed by atoms with Crippen molar-refractivity contribution in [1.82, 2.24) is 0 Å². The van der Waals surface area contributed by atoms with Gasteiger partial charge in [0, 0.05) is 12.8 Å². The summed E-state index contributed by atoms with van der Waals surface area (Å²) in [6.45, 7) is 3.41. The molecule has 0 bridgehead atoms. The lowest BCUT2D eigenvalue weighted by Crippen LogP contribution is -2.59. The maximum Gasteiger partial charge on any atom is 0.306 e. The molecule has 10 heteroatoms. The second kappa shape index (κ2) is 31.4. The van der Waals surface area contributed by atoms with E-state index in [9.17, 15) is 30.0 Å². The maximum absolute atomic E-state index is 12.7. The molecule has 1 aliphatic heterocycles. The first-order valence-corrected chi connectivity index (χ1v) is 20.1. The van der Waals surface area contributed by atoms with Gasteiger partial charge in [-0.1, -0.05) is 155 Å². The van der Waals surface area contributed by atoms with E-state index in [1.54, 1.807) is 0 Å². The largest absolute Gasteiger partial charge is 0.462 e. The molecule has 0 aromatic rings. The number of aliphatic hydroxyl groups is 4. The summed E-state index contributed by atoms with van der Waals surface area (Å²) < 4.78 is 22.1. The third kappa shape index (κ3) is 23.7. The molecule has 0 aromatic heterocycles. The molecular weight excluding hydrogens is 628 g/mol. The van der Waals surface area contributed by atoms with Gasteiger partial charge >= 0.3 is 11.9 Å². The molecule has 0 saturated carbocycles. The van der Waals surface area contributed by atoms with Gasteiger partial charge in [-0.2, -0.15) is 0 Å². The minimum absolute atomic E-state index is 0.210. The van der Waals surface area contributed by atoms with Gasteiger partial charge in [-0.25, -0.2) is 0 Å². The SMILES string of the molecule is CCCCCCCCCCCCCCCCC(=O)OC[C@H](CO[C@@H]1O[C@H](CO)[C@H](O)[C@H](O)[C@H]1O)OC(=O)CCCCCCCCCCCC. The lowest BCUT2D eigenvalue weighted by atomic mass is 9.99. The average molecular weight is 703 g/mol. The standard InChI is InChI=1S/C39H74O10/c1-3-5-7-9-11-13-15-16-17-18-20-21-23-25-27-34(41)46-30-32(31-47-39-38(45)37(44)36(43)33(29-40)49-39)48-35(42)28-26-24-22-19-14-12-10-8-6-4-2/h32-33,36-40,43-45H,3-31H2,1-2H3/t32-,33-,36+,37+,38-,39-/m1/s1. The Bertz CT molecular complexity index is 779. The fourth-order valence-electron chi connectivity index (χ4n) is 6.25. The lowest BCUT2D eigenvalue weighted by Gasteiger charge is -2.39. The van der Waals surface area contributed by atoms with Crippen LogP contribution in [-0.2, 0) is 28.5 Å². The molecule has 1 saturated heterocycles. The monoisotopic (exact) mass is 703 g/mol. The Labute approximate surface area is 298 Å². The van der Waals surface area contributed by atoms with Gasteiger partial charge in [0.25, 0.3) is 0 Å². The van der Waals surface area contributed by atoms with E-state index in [0.717, 1.165) is 38.5 Å². The Hall–Kier alpha value is -1.30. The van der Waals surface area contributed by atoms with Crippen molar-refractivity contribution in [2.75, 3.05) is 19.8 Å². The molecule has 49 heavy (non-hydrogen) atoms. The number of hydrogen-bond donors (Lipinski definition) is 4. The normalized spacial score (nSPS) is 21.5. The highest BCUT2D eigenvalue weighted by Crippen LogP contribution is 2.22. The fourth-order valence-corrected chi connectivity index (χ4v) is 6.25. The third-order valence-corrected chi connectivity index (χ3v) is 9.49. The first kappa shape index (κ1) is 45.7. The van der Waals surface area contributed by atoms with Crippen molar-refractivity contribution in [3.05, 3.63) is 0 Å². The number of carbonyl (C=O) groups is 2. The van der Waals surface area contributed by atoms with E-state index in [0.29, 0.717) is 6.42 Å². The van der Waals surface area contributed by atoms with Gasteiger partial charge in [0.2, 0.25) is 0 Å². The van der Waals surface area contributed by atoms with E-state index in [4.69, 9.17) is 18.9 Å². The van der Waals surface area contributed by atoms with Crippen LogP contribution in [0.1, 0.15) is 181 Å². The molecule has 10 nitrogen and oxygen atoms in total. The summed E-state index contributed by atoms with van der Waals surface area (Å²) in [5.41, 5.74) is 0. The Balaban J connectivity index is 2.36. The van der Waals surface area contributed by atoms with Crippen molar-refractivity contribution in [3.63, 3.8) is 0 Å². The minimum atomic E-state index is -1.59. The second-order valence-electron chi connectivity index (χ2n) is 14.1. The summed E-state index contributed by atoms with van der Waals surface area (Å²) in [7, 11) is 0. The molecular formula is C39H74O10. The van der Waals surface area contributed by atoms with Gasteiger partial charge in [0.15, 0.2) is 12.4 Å². The quantitative estimate of drug-likeness (QED) is 0.0401. The summed E-state index contributed by atoms with van der Waals surface area (Å²) in [4.78, 5) is 25.1. The number of unbranched alkanes of at least 4 members (excludes halogenated alkanes) is 22. The van der Waals surface area contributed by atoms with Crippen LogP contribution >= 0.6 is 0 Å². The van der Waals surface area contributed by atoms with E-state index in [1.807, 2.05) is 0 Å². The Morgan fingerprint density at radius 3 is 1.39 bits per heavy atom. The van der Waals surface area contributed by atoms with Crippen LogP contribution in [0.15, 0.2) is 0 Å². The summed E-state index contributed by atoms with van der Waals surface area (Å²) in [6, 6.07) is 0. The number of ether oxygens (including phenoxy) is 4. The predicted octanol–water partition coefficient (Wildman–Crippen LogP) is 7.44. The highest BCUT2D eigenvalue weighted by molar-refractivity contribution is 5.70. The molecule has 290 valence electrons. The van der Waals surface area contributed by atoms with Crippen LogP contribution in [0.5, 0.6) is 0 Å². The van der Waals surface area contributed by atoms with Gasteiger partial charge in [0.05, 0.1) is 13.2 Å². The lowest BCUT2D eigenvalue weighted by molar-refractivity contribution is -0.305. The van der Waals surface area contributed by atoms with Crippen LogP contribution in [0.3, 0.4) is 0 Å². The van der Waals surface area contributed by atoms with Gasteiger partial charge < -0.3 is 39.4 Å². The summed E-state index contributed by atoms with van der Waals surface area (Å²) in [6.07, 6.45) is 21.1. The highest BCUT2D eigenvalue weighted by Gasteiger charge is 2.44. The minimum Gasteiger partial charge on any atom is -0.462 e. The molecule has 1 fully saturated rings. The molecule has 6 atom stereocenters. The molecule has 1 aliphatic rings. The summed E-state index contributed by atoms with van der Waals surface area (Å²) in [5.74, 6) is -0.799. The molecule has 0 amide bonds. The first-order chi connectivity index (χ1) is 23.8. The summed E-state index contributed by atoms with van der Waals surface area (Å²) >= 11 is 0. The number of carbonyl (C=O) groups excluding carboxylic acids is 2. The van der Waals surface area contributed by atoms with Gasteiger partial charge in [-0.3, -0.25) is 9.59 Å². The Kier molecular flexibility index (Phi) is 29.3. The third-order valence-electron chi connectivity index (χ3n) is 9.49. The van der Waals surface area contributed by atoms with Crippen molar-refractivity contribution >= 4 is 11.9 Å². The number of hydrogen-bond acceptors (Lipinski definition) is 10. The predicted molar refractivity (Wildman–Crippen MR) is 192 cm³/mol. The average Bonchev–Trinajstić information content (AvgIpc) is 3.10. The van der Waals surface area contributed by atoms with E-state index < -0.39 is 49.4 Å². The molecule has 0 aliphatic carbocycles. The van der Waals surface area contributed by atoms with Crippen LogP contribution in [0.2, 0.25) is 0 Å². The molecule has 1 heterocycles. The van der Waals surface area contributed by atoms with Crippen LogP contribution in [-0.4, -0.2) is 89.0 Å². The Morgan fingerprint density at radius 2 is 0.959 bits per heavy atom. The molecule has 0 radical (unpaired) electrons. The zero-order valence-electron chi connectivity index (χ0n) is 31.2. The van der Waals surface area contributed by atoms with Crippen LogP contribution in [0.4, 0.5) is 0 Å². The first-order valence-electron chi connectivity index (χ1n) is 20.1. The van der Waals surface area contributed by atoms with Crippen molar-refractivity contribution in [2.24, 2.45) is 0 Å². The van der Waals surface area contributed by atoms with E-state index >= 15 is 0 Å². The molecule has 0 aromatic carbocycles. The van der Waals surface area contributed by atoms with E-state index in [-0.39, 0.29) is 32.0 Å². The maximum atomic E-state index is 12.7. The van der Waals surface area contributed by atoms with Crippen molar-refractivity contribution in [2.45, 2.75) is 218 Å². The van der Waals surface area contributed by atoms with Crippen LogP contribution < -0.4 is 0 Å².